The number of rotatable bonds is 4. The zero-order valence-electron chi connectivity index (χ0n) is 14.7. The van der Waals surface area contributed by atoms with Crippen LogP contribution in [0.5, 0.6) is 0 Å². The molecule has 0 aliphatic heterocycles. The highest BCUT2D eigenvalue weighted by Gasteiger charge is 2.19. The van der Waals surface area contributed by atoms with Gasteiger partial charge in [0.2, 0.25) is 5.95 Å². The van der Waals surface area contributed by atoms with Crippen LogP contribution in [0.25, 0.3) is 11.4 Å². The molecule has 0 atom stereocenters. The van der Waals surface area contributed by atoms with Gasteiger partial charge >= 0.3 is 0 Å². The molecule has 134 valence electrons. The molecule has 1 aromatic carbocycles. The van der Waals surface area contributed by atoms with E-state index < -0.39 is 0 Å². The van der Waals surface area contributed by atoms with Crippen LogP contribution < -0.4 is 5.32 Å². The number of nitrogens with zero attached hydrogens (tertiary/aromatic N) is 4. The highest BCUT2D eigenvalue weighted by atomic mass is 35.5. The molecule has 2 N–H and O–H groups in total. The van der Waals surface area contributed by atoms with Crippen LogP contribution in [0.4, 0.5) is 11.8 Å². The summed E-state index contributed by atoms with van der Waals surface area (Å²) in [5, 5.41) is 11.1. The third-order valence-corrected chi connectivity index (χ3v) is 4.97. The Morgan fingerprint density at radius 3 is 2.73 bits per heavy atom. The van der Waals surface area contributed by atoms with E-state index in [-0.39, 0.29) is 0 Å². The van der Waals surface area contributed by atoms with Gasteiger partial charge < -0.3 is 5.32 Å². The van der Waals surface area contributed by atoms with Gasteiger partial charge in [-0.3, -0.25) is 5.10 Å². The van der Waals surface area contributed by atoms with Crippen LogP contribution in [-0.2, 0) is 19.3 Å². The van der Waals surface area contributed by atoms with E-state index in [1.54, 1.807) is 0 Å². The largest absolute Gasteiger partial charge is 0.307 e. The first-order chi connectivity index (χ1) is 12.7. The fourth-order valence-electron chi connectivity index (χ4n) is 3.25. The average Bonchev–Trinajstić information content (AvgIpc) is 2.97. The standard InChI is InChI=1S/C19H21ClN6/c1-2-16-22-19(26-25-16)24-18-13-9-4-3-5-11-15(13)21-17(23-18)12-8-6-7-10-14(12)20/h6-8,10H,2-5,9,11H2,1H3,(H2,21,22,23,24,25,26). The number of H-pyrrole nitrogens is 1. The number of aryl methyl sites for hydroxylation is 2. The predicted molar refractivity (Wildman–Crippen MR) is 103 cm³/mol. The molecular weight excluding hydrogens is 348 g/mol. The van der Waals surface area contributed by atoms with E-state index in [1.165, 1.54) is 12.0 Å². The van der Waals surface area contributed by atoms with Gasteiger partial charge in [0, 0.05) is 23.2 Å². The molecule has 0 amide bonds. The van der Waals surface area contributed by atoms with Crippen LogP contribution >= 0.6 is 11.6 Å². The van der Waals surface area contributed by atoms with Crippen molar-refractivity contribution in [1.29, 1.82) is 0 Å². The lowest BCUT2D eigenvalue weighted by Crippen LogP contribution is -2.08. The van der Waals surface area contributed by atoms with E-state index in [4.69, 9.17) is 21.6 Å². The number of hydrogen-bond acceptors (Lipinski definition) is 5. The van der Waals surface area contributed by atoms with E-state index >= 15 is 0 Å². The second kappa shape index (κ2) is 7.41. The molecule has 2 aromatic heterocycles. The third-order valence-electron chi connectivity index (χ3n) is 4.64. The SMILES string of the molecule is CCc1nc(Nc2nc(-c3ccccc3Cl)nc3c2CCCCC3)n[nH]1. The quantitative estimate of drug-likeness (QED) is 0.663. The Morgan fingerprint density at radius 2 is 1.92 bits per heavy atom. The van der Waals surface area contributed by atoms with Gasteiger partial charge in [-0.2, -0.15) is 4.98 Å². The number of anilines is 2. The molecule has 3 aromatic rings. The molecular formula is C19H21ClN6. The zero-order valence-corrected chi connectivity index (χ0v) is 15.5. The lowest BCUT2D eigenvalue weighted by molar-refractivity contribution is 0.709. The first kappa shape index (κ1) is 17.0. The summed E-state index contributed by atoms with van der Waals surface area (Å²) >= 11 is 6.38. The van der Waals surface area contributed by atoms with Crippen molar-refractivity contribution in [3.8, 4) is 11.4 Å². The van der Waals surface area contributed by atoms with Gasteiger partial charge in [-0.15, -0.1) is 5.10 Å². The van der Waals surface area contributed by atoms with Gasteiger partial charge in [0.1, 0.15) is 11.6 Å². The van der Waals surface area contributed by atoms with Crippen molar-refractivity contribution in [3.63, 3.8) is 0 Å². The Labute approximate surface area is 157 Å². The summed E-state index contributed by atoms with van der Waals surface area (Å²) in [5.41, 5.74) is 3.11. The summed E-state index contributed by atoms with van der Waals surface area (Å²) in [6.07, 6.45) is 6.22. The van der Waals surface area contributed by atoms with Crippen LogP contribution in [0.1, 0.15) is 43.3 Å². The minimum atomic E-state index is 0.539. The van der Waals surface area contributed by atoms with Crippen molar-refractivity contribution < 1.29 is 0 Å². The molecule has 0 bridgehead atoms. The number of aromatic nitrogens is 5. The van der Waals surface area contributed by atoms with E-state index in [1.807, 2.05) is 31.2 Å². The molecule has 4 rings (SSSR count). The Hall–Kier alpha value is -2.47. The molecule has 1 aliphatic rings. The minimum Gasteiger partial charge on any atom is -0.307 e. The molecule has 6 nitrogen and oxygen atoms in total. The monoisotopic (exact) mass is 368 g/mol. The maximum Gasteiger partial charge on any atom is 0.247 e. The van der Waals surface area contributed by atoms with Gasteiger partial charge in [0.25, 0.3) is 0 Å². The number of benzene rings is 1. The lowest BCUT2D eigenvalue weighted by Gasteiger charge is -2.14. The van der Waals surface area contributed by atoms with Gasteiger partial charge in [-0.25, -0.2) is 9.97 Å². The smallest absolute Gasteiger partial charge is 0.247 e. The number of hydrogen-bond donors (Lipinski definition) is 2. The van der Waals surface area contributed by atoms with Crippen LogP contribution in [0.3, 0.4) is 0 Å². The number of fused-ring (bicyclic) bond motifs is 1. The molecule has 0 saturated carbocycles. The van der Waals surface area contributed by atoms with Gasteiger partial charge in [0.15, 0.2) is 5.82 Å². The first-order valence-electron chi connectivity index (χ1n) is 9.07. The minimum absolute atomic E-state index is 0.539. The van der Waals surface area contributed by atoms with Crippen LogP contribution in [0.2, 0.25) is 5.02 Å². The maximum atomic E-state index is 6.38. The molecule has 2 heterocycles. The van der Waals surface area contributed by atoms with Crippen molar-refractivity contribution in [2.45, 2.75) is 45.4 Å². The second-order valence-electron chi connectivity index (χ2n) is 6.45. The fourth-order valence-corrected chi connectivity index (χ4v) is 3.47. The summed E-state index contributed by atoms with van der Waals surface area (Å²) in [6.45, 7) is 2.04. The number of halogens is 1. The summed E-state index contributed by atoms with van der Waals surface area (Å²) in [5.74, 6) is 2.81. The van der Waals surface area contributed by atoms with E-state index in [2.05, 4.69) is 20.5 Å². The Balaban J connectivity index is 1.80. The molecule has 0 fully saturated rings. The van der Waals surface area contributed by atoms with Crippen molar-refractivity contribution in [2.24, 2.45) is 0 Å². The highest BCUT2D eigenvalue weighted by molar-refractivity contribution is 6.33. The lowest BCUT2D eigenvalue weighted by atomic mass is 10.1. The fraction of sp³-hybridized carbons (Fsp3) is 0.368. The normalized spacial score (nSPS) is 13.9. The summed E-state index contributed by atoms with van der Waals surface area (Å²) in [4.78, 5) is 14.1. The molecule has 0 spiro atoms. The summed E-state index contributed by atoms with van der Waals surface area (Å²) in [6, 6.07) is 7.68. The Bertz CT molecular complexity index is 920. The zero-order chi connectivity index (χ0) is 17.9. The maximum absolute atomic E-state index is 6.38. The molecule has 26 heavy (non-hydrogen) atoms. The molecule has 1 aliphatic carbocycles. The summed E-state index contributed by atoms with van der Waals surface area (Å²) in [7, 11) is 0. The predicted octanol–water partition coefficient (Wildman–Crippen LogP) is 4.49. The first-order valence-corrected chi connectivity index (χ1v) is 9.45. The molecule has 0 saturated heterocycles. The van der Waals surface area contributed by atoms with E-state index in [9.17, 15) is 0 Å². The molecule has 0 radical (unpaired) electrons. The second-order valence-corrected chi connectivity index (χ2v) is 6.85. The number of aromatic amines is 1. The van der Waals surface area contributed by atoms with Crippen molar-refractivity contribution in [3.05, 3.63) is 46.4 Å². The third kappa shape index (κ3) is 3.42. The Kier molecular flexibility index (Phi) is 4.84. The van der Waals surface area contributed by atoms with Crippen LogP contribution in [-0.4, -0.2) is 25.1 Å². The van der Waals surface area contributed by atoms with Gasteiger partial charge in [-0.05, 0) is 37.8 Å². The van der Waals surface area contributed by atoms with Gasteiger partial charge in [0.05, 0.1) is 5.02 Å². The average molecular weight is 369 g/mol. The van der Waals surface area contributed by atoms with Crippen molar-refractivity contribution >= 4 is 23.4 Å². The molecule has 0 unspecified atom stereocenters. The van der Waals surface area contributed by atoms with E-state index in [0.29, 0.717) is 16.8 Å². The molecule has 7 heteroatoms. The van der Waals surface area contributed by atoms with Crippen LogP contribution in [0.15, 0.2) is 24.3 Å². The highest BCUT2D eigenvalue weighted by Crippen LogP contribution is 2.31. The number of nitrogens with one attached hydrogen (secondary N) is 2. The van der Waals surface area contributed by atoms with Crippen LogP contribution in [0, 0.1) is 0 Å². The topological polar surface area (TPSA) is 79.4 Å². The summed E-state index contributed by atoms with van der Waals surface area (Å²) < 4.78 is 0. The van der Waals surface area contributed by atoms with Crippen molar-refractivity contribution in [2.75, 3.05) is 5.32 Å². The van der Waals surface area contributed by atoms with Crippen molar-refractivity contribution in [1.82, 2.24) is 25.1 Å². The Morgan fingerprint density at radius 1 is 1.08 bits per heavy atom. The van der Waals surface area contributed by atoms with Gasteiger partial charge in [-0.1, -0.05) is 37.1 Å². The van der Waals surface area contributed by atoms with E-state index in [0.717, 1.165) is 55.0 Å².